The molecule has 8 heteroatoms. The van der Waals surface area contributed by atoms with E-state index in [1.165, 1.54) is 4.31 Å². The Hall–Kier alpha value is -2.84. The first kappa shape index (κ1) is 19.5. The van der Waals surface area contributed by atoms with Crippen LogP contribution in [-0.4, -0.2) is 21.0 Å². The Morgan fingerprint density at radius 2 is 1.62 bits per heavy atom. The van der Waals surface area contributed by atoms with E-state index in [1.807, 2.05) is 18.2 Å². The van der Waals surface area contributed by atoms with Crippen LogP contribution in [0.1, 0.15) is 5.56 Å². The lowest BCUT2D eigenvalue weighted by atomic mass is 10.1. The fourth-order valence-corrected chi connectivity index (χ4v) is 5.17. The van der Waals surface area contributed by atoms with Crippen LogP contribution in [0.2, 0.25) is 0 Å². The molecule has 3 aromatic carbocycles. The summed E-state index contributed by atoms with van der Waals surface area (Å²) in [4.78, 5) is 12.6. The smallest absolute Gasteiger partial charge is 0.308 e. The Bertz CT molecular complexity index is 1170. The Morgan fingerprint density at radius 3 is 2.34 bits per heavy atom. The number of carbonyl (C=O) groups excluding carboxylic acids is 1. The van der Waals surface area contributed by atoms with Crippen LogP contribution in [0.25, 0.3) is 0 Å². The van der Waals surface area contributed by atoms with Gasteiger partial charge in [0.05, 0.1) is 10.6 Å². The molecule has 0 saturated carbocycles. The Kier molecular flexibility index (Phi) is 5.29. The van der Waals surface area contributed by atoms with Gasteiger partial charge in [-0.3, -0.25) is 4.31 Å². The average Bonchev–Trinajstić information content (AvgIpc) is 3.12. The highest BCUT2D eigenvalue weighted by atomic mass is 79.9. The van der Waals surface area contributed by atoms with Crippen LogP contribution in [-0.2, 0) is 16.4 Å². The number of nitrogens with one attached hydrogen (secondary N) is 2. The lowest BCUT2D eigenvalue weighted by Crippen LogP contribution is -2.29. The number of amides is 2. The SMILES string of the molecule is O=C(Nc1cccc(Br)c1)Nc1ccc2c(c1)N(S(=O)(=O)c1ccccc1)CC2. The lowest BCUT2D eigenvalue weighted by Gasteiger charge is -2.20. The van der Waals surface area contributed by atoms with Gasteiger partial charge in [-0.1, -0.05) is 46.3 Å². The molecule has 0 unspecified atom stereocenters. The van der Waals surface area contributed by atoms with Crippen LogP contribution in [0, 0.1) is 0 Å². The Labute approximate surface area is 177 Å². The largest absolute Gasteiger partial charge is 0.323 e. The number of fused-ring (bicyclic) bond motifs is 1. The second-order valence-corrected chi connectivity index (χ2v) is 9.35. The summed E-state index contributed by atoms with van der Waals surface area (Å²) in [6.45, 7) is 0.375. The van der Waals surface area contributed by atoms with E-state index in [-0.39, 0.29) is 4.90 Å². The van der Waals surface area contributed by atoms with Gasteiger partial charge in [-0.05, 0) is 54.4 Å². The molecular weight excluding hydrogens is 454 g/mol. The van der Waals surface area contributed by atoms with E-state index in [0.717, 1.165) is 10.0 Å². The molecule has 1 aliphatic heterocycles. The Balaban J connectivity index is 1.55. The van der Waals surface area contributed by atoms with Crippen molar-refractivity contribution in [3.05, 3.63) is 82.8 Å². The first-order valence-electron chi connectivity index (χ1n) is 8.98. The number of halogens is 1. The van der Waals surface area contributed by atoms with Crippen LogP contribution in [0.3, 0.4) is 0 Å². The molecule has 29 heavy (non-hydrogen) atoms. The van der Waals surface area contributed by atoms with E-state index in [0.29, 0.717) is 30.0 Å². The molecule has 148 valence electrons. The highest BCUT2D eigenvalue weighted by Gasteiger charge is 2.31. The fourth-order valence-electron chi connectivity index (χ4n) is 3.26. The maximum Gasteiger partial charge on any atom is 0.323 e. The molecule has 0 aromatic heterocycles. The lowest BCUT2D eigenvalue weighted by molar-refractivity contribution is 0.262. The molecule has 4 rings (SSSR count). The third-order valence-electron chi connectivity index (χ3n) is 4.61. The predicted molar refractivity (Wildman–Crippen MR) is 118 cm³/mol. The number of nitrogens with zero attached hydrogens (tertiary/aromatic N) is 1. The topological polar surface area (TPSA) is 78.5 Å². The van der Waals surface area contributed by atoms with Crippen LogP contribution in [0.4, 0.5) is 21.9 Å². The fraction of sp³-hybridized carbons (Fsp3) is 0.0952. The zero-order valence-electron chi connectivity index (χ0n) is 15.3. The normalized spacial score (nSPS) is 13.1. The minimum Gasteiger partial charge on any atom is -0.308 e. The average molecular weight is 472 g/mol. The minimum atomic E-state index is -3.65. The van der Waals surface area contributed by atoms with Gasteiger partial charge in [0.25, 0.3) is 10.0 Å². The van der Waals surface area contributed by atoms with Gasteiger partial charge in [0.2, 0.25) is 0 Å². The van der Waals surface area contributed by atoms with Crippen LogP contribution in [0.5, 0.6) is 0 Å². The van der Waals surface area contributed by atoms with Crippen molar-refractivity contribution in [3.63, 3.8) is 0 Å². The van der Waals surface area contributed by atoms with E-state index in [4.69, 9.17) is 0 Å². The predicted octanol–water partition coefficient (Wildman–Crippen LogP) is 4.84. The number of benzene rings is 3. The zero-order valence-corrected chi connectivity index (χ0v) is 17.7. The Morgan fingerprint density at radius 1 is 0.897 bits per heavy atom. The van der Waals surface area contributed by atoms with Crippen molar-refractivity contribution < 1.29 is 13.2 Å². The summed E-state index contributed by atoms with van der Waals surface area (Å²) < 4.78 is 28.3. The molecule has 3 aromatic rings. The van der Waals surface area contributed by atoms with Gasteiger partial charge < -0.3 is 10.6 Å². The van der Waals surface area contributed by atoms with E-state index in [9.17, 15) is 13.2 Å². The minimum absolute atomic E-state index is 0.249. The highest BCUT2D eigenvalue weighted by Crippen LogP contribution is 2.35. The van der Waals surface area contributed by atoms with Crippen LogP contribution < -0.4 is 14.9 Å². The molecule has 0 fully saturated rings. The molecule has 1 aliphatic rings. The second kappa shape index (κ2) is 7.88. The second-order valence-electron chi connectivity index (χ2n) is 6.57. The number of anilines is 3. The van der Waals surface area contributed by atoms with E-state index >= 15 is 0 Å². The van der Waals surface area contributed by atoms with Crippen molar-refractivity contribution in [1.29, 1.82) is 0 Å². The van der Waals surface area contributed by atoms with E-state index in [2.05, 4.69) is 26.6 Å². The van der Waals surface area contributed by atoms with Crippen molar-refractivity contribution in [2.24, 2.45) is 0 Å². The summed E-state index contributed by atoms with van der Waals surface area (Å²) in [5, 5.41) is 5.52. The maximum absolute atomic E-state index is 13.0. The summed E-state index contributed by atoms with van der Waals surface area (Å²) in [6, 6.07) is 20.5. The molecule has 0 atom stereocenters. The summed E-state index contributed by atoms with van der Waals surface area (Å²) in [6.07, 6.45) is 0.631. The first-order chi connectivity index (χ1) is 13.9. The molecule has 0 radical (unpaired) electrons. The summed E-state index contributed by atoms with van der Waals surface area (Å²) in [5.74, 6) is 0. The first-order valence-corrected chi connectivity index (χ1v) is 11.2. The van der Waals surface area contributed by atoms with Crippen molar-refractivity contribution >= 4 is 49.0 Å². The molecule has 0 spiro atoms. The molecule has 2 amide bonds. The van der Waals surface area contributed by atoms with Gasteiger partial charge in [0.1, 0.15) is 0 Å². The third-order valence-corrected chi connectivity index (χ3v) is 6.93. The summed E-state index contributed by atoms with van der Waals surface area (Å²) >= 11 is 3.36. The molecule has 2 N–H and O–H groups in total. The van der Waals surface area contributed by atoms with Crippen molar-refractivity contribution in [3.8, 4) is 0 Å². The van der Waals surface area contributed by atoms with E-state index < -0.39 is 16.1 Å². The standard InChI is InChI=1S/C21H18BrN3O3S/c22-16-5-4-6-17(13-16)23-21(26)24-18-10-9-15-11-12-25(20(15)14-18)29(27,28)19-7-2-1-3-8-19/h1-10,13-14H,11-12H2,(H2,23,24,26). The molecular formula is C21H18BrN3O3S. The van der Waals surface area contributed by atoms with Gasteiger partial charge in [0.15, 0.2) is 0 Å². The number of hydrogen-bond acceptors (Lipinski definition) is 3. The van der Waals surface area contributed by atoms with E-state index in [1.54, 1.807) is 54.6 Å². The van der Waals surface area contributed by atoms with Gasteiger partial charge >= 0.3 is 6.03 Å². The maximum atomic E-state index is 13.0. The molecule has 1 heterocycles. The van der Waals surface area contributed by atoms with Crippen LogP contribution >= 0.6 is 15.9 Å². The molecule has 0 aliphatic carbocycles. The quantitative estimate of drug-likeness (QED) is 0.570. The van der Waals surface area contributed by atoms with Crippen LogP contribution in [0.15, 0.2) is 82.2 Å². The molecule has 0 saturated heterocycles. The summed E-state index contributed by atoms with van der Waals surface area (Å²) in [7, 11) is -3.65. The number of hydrogen-bond donors (Lipinski definition) is 2. The number of carbonyl (C=O) groups is 1. The molecule has 0 bridgehead atoms. The van der Waals surface area contributed by atoms with Gasteiger partial charge in [0, 0.05) is 22.4 Å². The van der Waals surface area contributed by atoms with Crippen molar-refractivity contribution in [2.75, 3.05) is 21.5 Å². The highest BCUT2D eigenvalue weighted by molar-refractivity contribution is 9.10. The zero-order chi connectivity index (χ0) is 20.4. The van der Waals surface area contributed by atoms with Gasteiger partial charge in [-0.15, -0.1) is 0 Å². The van der Waals surface area contributed by atoms with Crippen molar-refractivity contribution in [1.82, 2.24) is 0 Å². The third kappa shape index (κ3) is 4.13. The van der Waals surface area contributed by atoms with Gasteiger partial charge in [-0.25, -0.2) is 13.2 Å². The number of rotatable bonds is 4. The number of sulfonamides is 1. The summed E-state index contributed by atoms with van der Waals surface area (Å²) in [5.41, 5.74) is 2.69. The molecule has 6 nitrogen and oxygen atoms in total. The van der Waals surface area contributed by atoms with Crippen molar-refractivity contribution in [2.45, 2.75) is 11.3 Å². The monoisotopic (exact) mass is 471 g/mol. The number of urea groups is 1. The van der Waals surface area contributed by atoms with Gasteiger partial charge in [-0.2, -0.15) is 0 Å².